The van der Waals surface area contributed by atoms with Gasteiger partial charge in [0.15, 0.2) is 0 Å². The molecular formula is C17H27N2+. The lowest BCUT2D eigenvalue weighted by atomic mass is 10.1. The molecule has 2 heteroatoms. The maximum Gasteiger partial charge on any atom is 0.0985 e. The maximum atomic E-state index is 2.55. The molecule has 0 amide bonds. The lowest BCUT2D eigenvalue weighted by Crippen LogP contribution is -3.15. The van der Waals surface area contributed by atoms with Crippen molar-refractivity contribution in [3.8, 4) is 0 Å². The van der Waals surface area contributed by atoms with Crippen LogP contribution in [0.1, 0.15) is 25.0 Å². The van der Waals surface area contributed by atoms with E-state index in [0.29, 0.717) is 0 Å². The van der Waals surface area contributed by atoms with Crippen molar-refractivity contribution in [1.82, 2.24) is 0 Å². The van der Waals surface area contributed by atoms with Gasteiger partial charge in [-0.2, -0.15) is 0 Å². The summed E-state index contributed by atoms with van der Waals surface area (Å²) in [6.45, 7) is 14.9. The van der Waals surface area contributed by atoms with Crippen LogP contribution in [0.5, 0.6) is 0 Å². The summed E-state index contributed by atoms with van der Waals surface area (Å²) in [4.78, 5) is 4.27. The molecule has 0 aromatic heterocycles. The molecule has 0 saturated carbocycles. The highest BCUT2D eigenvalue weighted by Crippen LogP contribution is 2.22. The third kappa shape index (κ3) is 3.38. The number of anilines is 1. The second-order valence-corrected chi connectivity index (χ2v) is 5.77. The number of nitrogens with zero attached hydrogens (tertiary/aromatic N) is 1. The minimum Gasteiger partial charge on any atom is -0.360 e. The third-order valence-corrected chi connectivity index (χ3v) is 4.41. The van der Waals surface area contributed by atoms with Crippen LogP contribution >= 0.6 is 0 Å². The Balaban J connectivity index is 1.98. The van der Waals surface area contributed by atoms with Crippen LogP contribution in [0.3, 0.4) is 0 Å². The zero-order chi connectivity index (χ0) is 13.8. The zero-order valence-electron chi connectivity index (χ0n) is 12.8. The van der Waals surface area contributed by atoms with E-state index in [1.54, 1.807) is 4.90 Å². The van der Waals surface area contributed by atoms with E-state index in [-0.39, 0.29) is 0 Å². The Morgan fingerprint density at radius 3 is 2.58 bits per heavy atom. The molecule has 0 bridgehead atoms. The molecule has 0 aliphatic carbocycles. The van der Waals surface area contributed by atoms with Gasteiger partial charge in [-0.3, -0.25) is 0 Å². The molecule has 0 radical (unpaired) electrons. The molecular weight excluding hydrogens is 232 g/mol. The first-order valence-corrected chi connectivity index (χ1v) is 7.38. The van der Waals surface area contributed by atoms with Crippen LogP contribution in [-0.4, -0.2) is 32.7 Å². The highest BCUT2D eigenvalue weighted by Gasteiger charge is 2.21. The van der Waals surface area contributed by atoms with E-state index in [2.05, 4.69) is 56.9 Å². The van der Waals surface area contributed by atoms with Gasteiger partial charge in [-0.1, -0.05) is 18.2 Å². The van der Waals surface area contributed by atoms with E-state index in [9.17, 15) is 0 Å². The molecule has 2 rings (SSSR count). The van der Waals surface area contributed by atoms with Crippen LogP contribution in [-0.2, 0) is 0 Å². The number of nitrogens with one attached hydrogen (secondary N) is 1. The first-order chi connectivity index (χ1) is 9.11. The number of allylic oxidation sites excluding steroid dienone is 1. The molecule has 1 saturated heterocycles. The molecule has 1 aliphatic rings. The van der Waals surface area contributed by atoms with Gasteiger partial charge in [-0.05, 0) is 50.5 Å². The van der Waals surface area contributed by atoms with Crippen molar-refractivity contribution in [3.63, 3.8) is 0 Å². The fraction of sp³-hybridized carbons (Fsp3) is 0.529. The van der Waals surface area contributed by atoms with Gasteiger partial charge in [0.05, 0.1) is 32.7 Å². The summed E-state index contributed by atoms with van der Waals surface area (Å²) in [5.74, 6) is 0. The molecule has 1 heterocycles. The zero-order valence-corrected chi connectivity index (χ0v) is 12.8. The Morgan fingerprint density at radius 1 is 1.26 bits per heavy atom. The van der Waals surface area contributed by atoms with Gasteiger partial charge in [0, 0.05) is 5.69 Å². The number of hydrogen-bond acceptors (Lipinski definition) is 1. The van der Waals surface area contributed by atoms with Gasteiger partial charge in [-0.15, -0.1) is 0 Å². The summed E-state index contributed by atoms with van der Waals surface area (Å²) < 4.78 is 0. The van der Waals surface area contributed by atoms with Crippen molar-refractivity contribution in [2.24, 2.45) is 0 Å². The highest BCUT2D eigenvalue weighted by atomic mass is 15.3. The third-order valence-electron chi connectivity index (χ3n) is 4.41. The van der Waals surface area contributed by atoms with Crippen LogP contribution in [0.2, 0.25) is 0 Å². The Bertz CT molecular complexity index is 454. The van der Waals surface area contributed by atoms with Crippen molar-refractivity contribution >= 4 is 5.69 Å². The van der Waals surface area contributed by atoms with E-state index < -0.39 is 0 Å². The molecule has 1 aliphatic heterocycles. The van der Waals surface area contributed by atoms with Crippen LogP contribution in [0.4, 0.5) is 5.69 Å². The molecule has 1 N–H and O–H groups in total. The normalized spacial score (nSPS) is 17.9. The Morgan fingerprint density at radius 2 is 1.95 bits per heavy atom. The molecule has 1 aromatic carbocycles. The van der Waals surface area contributed by atoms with Crippen LogP contribution in [0, 0.1) is 13.8 Å². The molecule has 1 aromatic rings. The number of piperazine rings is 1. The van der Waals surface area contributed by atoms with E-state index in [1.165, 1.54) is 55.1 Å². The molecule has 0 atom stereocenters. The van der Waals surface area contributed by atoms with Crippen molar-refractivity contribution in [2.45, 2.75) is 27.7 Å². The predicted molar refractivity (Wildman–Crippen MR) is 83.1 cm³/mol. The molecule has 104 valence electrons. The predicted octanol–water partition coefficient (Wildman–Crippen LogP) is 1.97. The number of aryl methyl sites for hydroxylation is 1. The number of benzene rings is 1. The molecule has 2 nitrogen and oxygen atoms in total. The van der Waals surface area contributed by atoms with Gasteiger partial charge in [0.1, 0.15) is 0 Å². The summed E-state index contributed by atoms with van der Waals surface area (Å²) in [5.41, 5.74) is 5.78. The van der Waals surface area contributed by atoms with Gasteiger partial charge in [0.25, 0.3) is 0 Å². The van der Waals surface area contributed by atoms with E-state index in [4.69, 9.17) is 0 Å². The van der Waals surface area contributed by atoms with Gasteiger partial charge in [-0.25, -0.2) is 0 Å². The van der Waals surface area contributed by atoms with Crippen LogP contribution in [0.15, 0.2) is 29.8 Å². The van der Waals surface area contributed by atoms with Crippen molar-refractivity contribution in [3.05, 3.63) is 41.0 Å². The summed E-state index contributed by atoms with van der Waals surface area (Å²) in [6.07, 6.45) is 2.24. The van der Waals surface area contributed by atoms with Crippen LogP contribution in [0.25, 0.3) is 0 Å². The SMILES string of the molecule is C/C=C(\C)C[NH+]1CCN(c2cccc(C)c2C)CC1. The van der Waals surface area contributed by atoms with E-state index >= 15 is 0 Å². The van der Waals surface area contributed by atoms with Gasteiger partial charge in [0.2, 0.25) is 0 Å². The lowest BCUT2D eigenvalue weighted by Gasteiger charge is -2.34. The average molecular weight is 259 g/mol. The minimum atomic E-state index is 1.18. The Labute approximate surface area is 117 Å². The second-order valence-electron chi connectivity index (χ2n) is 5.77. The summed E-state index contributed by atoms with van der Waals surface area (Å²) in [6, 6.07) is 6.65. The smallest absolute Gasteiger partial charge is 0.0985 e. The van der Waals surface area contributed by atoms with Crippen molar-refractivity contribution in [2.75, 3.05) is 37.6 Å². The summed E-state index contributed by atoms with van der Waals surface area (Å²) in [5, 5.41) is 0. The average Bonchev–Trinajstić information content (AvgIpc) is 2.43. The first-order valence-electron chi connectivity index (χ1n) is 7.38. The van der Waals surface area contributed by atoms with Gasteiger partial charge >= 0.3 is 0 Å². The van der Waals surface area contributed by atoms with Crippen molar-refractivity contribution < 1.29 is 4.90 Å². The summed E-state index contributed by atoms with van der Waals surface area (Å²) in [7, 11) is 0. The topological polar surface area (TPSA) is 7.68 Å². The monoisotopic (exact) mass is 259 g/mol. The molecule has 0 spiro atoms. The molecule has 19 heavy (non-hydrogen) atoms. The number of hydrogen-bond donors (Lipinski definition) is 1. The van der Waals surface area contributed by atoms with Crippen molar-refractivity contribution in [1.29, 1.82) is 0 Å². The lowest BCUT2D eigenvalue weighted by molar-refractivity contribution is -0.895. The molecule has 0 unspecified atom stereocenters. The van der Waals surface area contributed by atoms with E-state index in [0.717, 1.165) is 0 Å². The fourth-order valence-corrected chi connectivity index (χ4v) is 2.82. The maximum absolute atomic E-state index is 2.55. The van der Waals surface area contributed by atoms with Gasteiger partial charge < -0.3 is 9.80 Å². The minimum absolute atomic E-state index is 1.18. The van der Waals surface area contributed by atoms with E-state index in [1.807, 2.05) is 0 Å². The number of rotatable bonds is 3. The fourth-order valence-electron chi connectivity index (χ4n) is 2.82. The molecule has 1 fully saturated rings. The highest BCUT2D eigenvalue weighted by molar-refractivity contribution is 5.56. The first kappa shape index (κ1) is 14.1. The quantitative estimate of drug-likeness (QED) is 0.816. The standard InChI is InChI=1S/C17H26N2/c1-5-14(2)13-18-9-11-19(12-10-18)17-8-6-7-15(3)16(17)4/h5-8H,9-13H2,1-4H3/p+1/b14-5+. The second kappa shape index (κ2) is 6.25. The Hall–Kier alpha value is -1.28. The number of quaternary nitrogens is 1. The Kier molecular flexibility index (Phi) is 4.65. The summed E-state index contributed by atoms with van der Waals surface area (Å²) >= 11 is 0. The van der Waals surface area contributed by atoms with Crippen LogP contribution < -0.4 is 9.80 Å². The largest absolute Gasteiger partial charge is 0.360 e.